The summed E-state index contributed by atoms with van der Waals surface area (Å²) in [4.78, 5) is 14.7. The van der Waals surface area contributed by atoms with Gasteiger partial charge in [0.05, 0.1) is 12.7 Å². The molecule has 0 aliphatic carbocycles. The zero-order chi connectivity index (χ0) is 14.8. The molecule has 0 N–H and O–H groups in total. The largest absolute Gasteiger partial charge is 0.496 e. The molecular formula is C17H25NO2. The zero-order valence-electron chi connectivity index (χ0n) is 13.0. The molecule has 0 unspecified atom stereocenters. The summed E-state index contributed by atoms with van der Waals surface area (Å²) in [5.74, 6) is 0.779. The standard InChI is InChI=1S/C17H25NO2/c1-17(2,3)13-8-9-15(20-4)14(12-13)16(19)18-10-6-5-7-11-18/h8-9,12H,5-7,10-11H2,1-4H3. The van der Waals surface area contributed by atoms with Crippen LogP contribution in [-0.2, 0) is 5.41 Å². The van der Waals surface area contributed by atoms with Gasteiger partial charge in [0, 0.05) is 13.1 Å². The number of ether oxygens (including phenoxy) is 1. The van der Waals surface area contributed by atoms with Crippen LogP contribution in [0.2, 0.25) is 0 Å². The van der Waals surface area contributed by atoms with Crippen LogP contribution in [0.1, 0.15) is 56.0 Å². The van der Waals surface area contributed by atoms with Crippen LogP contribution in [0.15, 0.2) is 18.2 Å². The Labute approximate surface area is 121 Å². The first-order valence-electron chi connectivity index (χ1n) is 7.41. The van der Waals surface area contributed by atoms with Crippen LogP contribution >= 0.6 is 0 Å². The third-order valence-corrected chi connectivity index (χ3v) is 3.94. The molecule has 0 saturated carbocycles. The molecule has 1 aromatic carbocycles. The average molecular weight is 275 g/mol. The number of likely N-dealkylation sites (tertiary alicyclic amines) is 1. The number of rotatable bonds is 2. The molecule has 0 atom stereocenters. The Morgan fingerprint density at radius 2 is 1.80 bits per heavy atom. The Balaban J connectivity index is 2.34. The maximum atomic E-state index is 12.7. The van der Waals surface area contributed by atoms with Gasteiger partial charge in [0.15, 0.2) is 0 Å². The van der Waals surface area contributed by atoms with Crippen LogP contribution in [0.3, 0.4) is 0 Å². The van der Waals surface area contributed by atoms with E-state index in [4.69, 9.17) is 4.74 Å². The number of carbonyl (C=O) groups excluding carboxylic acids is 1. The highest BCUT2D eigenvalue weighted by molar-refractivity contribution is 5.97. The topological polar surface area (TPSA) is 29.5 Å². The second kappa shape index (κ2) is 5.86. The highest BCUT2D eigenvalue weighted by Crippen LogP contribution is 2.29. The van der Waals surface area contributed by atoms with Gasteiger partial charge < -0.3 is 9.64 Å². The van der Waals surface area contributed by atoms with E-state index in [9.17, 15) is 4.79 Å². The number of methoxy groups -OCH3 is 1. The predicted molar refractivity (Wildman–Crippen MR) is 81.4 cm³/mol. The van der Waals surface area contributed by atoms with Gasteiger partial charge in [-0.1, -0.05) is 26.8 Å². The average Bonchev–Trinajstić information content (AvgIpc) is 2.45. The van der Waals surface area contributed by atoms with Crippen LogP contribution in [0.25, 0.3) is 0 Å². The molecule has 1 heterocycles. The van der Waals surface area contributed by atoms with Crippen LogP contribution in [0.4, 0.5) is 0 Å². The molecule has 1 fully saturated rings. The van der Waals surface area contributed by atoms with Crippen molar-refractivity contribution in [2.24, 2.45) is 0 Å². The lowest BCUT2D eigenvalue weighted by atomic mass is 9.86. The number of benzene rings is 1. The summed E-state index contributed by atoms with van der Waals surface area (Å²) >= 11 is 0. The van der Waals surface area contributed by atoms with Gasteiger partial charge in [0.2, 0.25) is 0 Å². The van der Waals surface area contributed by atoms with Crippen molar-refractivity contribution in [1.82, 2.24) is 4.90 Å². The lowest BCUT2D eigenvalue weighted by molar-refractivity contribution is 0.0721. The van der Waals surface area contributed by atoms with Crippen molar-refractivity contribution in [2.45, 2.75) is 45.4 Å². The van der Waals surface area contributed by atoms with E-state index in [-0.39, 0.29) is 11.3 Å². The van der Waals surface area contributed by atoms with E-state index < -0.39 is 0 Å². The number of carbonyl (C=O) groups is 1. The summed E-state index contributed by atoms with van der Waals surface area (Å²) in [6.07, 6.45) is 3.43. The molecule has 3 heteroatoms. The molecule has 1 aliphatic heterocycles. The molecule has 110 valence electrons. The Morgan fingerprint density at radius 3 is 2.35 bits per heavy atom. The molecule has 0 bridgehead atoms. The van der Waals surface area contributed by atoms with E-state index in [1.807, 2.05) is 23.1 Å². The fourth-order valence-corrected chi connectivity index (χ4v) is 2.61. The van der Waals surface area contributed by atoms with Crippen LogP contribution in [0, 0.1) is 0 Å². The zero-order valence-corrected chi connectivity index (χ0v) is 13.0. The van der Waals surface area contributed by atoms with E-state index in [0.717, 1.165) is 25.9 Å². The normalized spacial score (nSPS) is 16.1. The van der Waals surface area contributed by atoms with E-state index in [2.05, 4.69) is 20.8 Å². The number of hydrogen-bond acceptors (Lipinski definition) is 2. The molecule has 1 amide bonds. The van der Waals surface area contributed by atoms with Crippen LogP contribution in [-0.4, -0.2) is 31.0 Å². The summed E-state index contributed by atoms with van der Waals surface area (Å²) in [6.45, 7) is 8.20. The van der Waals surface area contributed by atoms with Gasteiger partial charge in [-0.2, -0.15) is 0 Å². The molecule has 3 nitrogen and oxygen atoms in total. The van der Waals surface area contributed by atoms with E-state index in [1.165, 1.54) is 12.0 Å². The van der Waals surface area contributed by atoms with Crippen molar-refractivity contribution < 1.29 is 9.53 Å². The first-order chi connectivity index (χ1) is 9.43. The maximum absolute atomic E-state index is 12.7. The van der Waals surface area contributed by atoms with Crippen molar-refractivity contribution in [1.29, 1.82) is 0 Å². The van der Waals surface area contributed by atoms with Gasteiger partial charge in [-0.3, -0.25) is 4.79 Å². The van der Waals surface area contributed by atoms with Crippen LogP contribution in [0.5, 0.6) is 5.75 Å². The quantitative estimate of drug-likeness (QED) is 0.825. The minimum Gasteiger partial charge on any atom is -0.496 e. The molecule has 2 rings (SSSR count). The molecule has 1 aromatic rings. The highest BCUT2D eigenvalue weighted by atomic mass is 16.5. The monoisotopic (exact) mass is 275 g/mol. The predicted octanol–water partition coefficient (Wildman–Crippen LogP) is 3.62. The minimum atomic E-state index is 0.0310. The Bertz CT molecular complexity index is 482. The lowest BCUT2D eigenvalue weighted by Crippen LogP contribution is -2.36. The van der Waals surface area contributed by atoms with E-state index >= 15 is 0 Å². The van der Waals surface area contributed by atoms with Crippen molar-refractivity contribution in [3.05, 3.63) is 29.3 Å². The number of hydrogen-bond donors (Lipinski definition) is 0. The van der Waals surface area contributed by atoms with E-state index in [1.54, 1.807) is 7.11 Å². The van der Waals surface area contributed by atoms with Crippen molar-refractivity contribution in [3.63, 3.8) is 0 Å². The molecule has 20 heavy (non-hydrogen) atoms. The van der Waals surface area contributed by atoms with Gasteiger partial charge in [0.1, 0.15) is 5.75 Å². The summed E-state index contributed by atoms with van der Waals surface area (Å²) in [7, 11) is 1.62. The summed E-state index contributed by atoms with van der Waals surface area (Å²) in [6, 6.07) is 5.96. The van der Waals surface area contributed by atoms with Crippen molar-refractivity contribution in [2.75, 3.05) is 20.2 Å². The fraction of sp³-hybridized carbons (Fsp3) is 0.588. The van der Waals surface area contributed by atoms with Crippen LogP contribution < -0.4 is 4.74 Å². The van der Waals surface area contributed by atoms with E-state index in [0.29, 0.717) is 11.3 Å². The lowest BCUT2D eigenvalue weighted by Gasteiger charge is -2.28. The van der Waals surface area contributed by atoms with Gasteiger partial charge in [-0.05, 0) is 42.4 Å². The third kappa shape index (κ3) is 3.14. The SMILES string of the molecule is COc1ccc(C(C)(C)C)cc1C(=O)N1CCCCC1. The smallest absolute Gasteiger partial charge is 0.257 e. The second-order valence-corrected chi connectivity index (χ2v) is 6.52. The van der Waals surface area contributed by atoms with Gasteiger partial charge in [-0.15, -0.1) is 0 Å². The molecule has 0 spiro atoms. The van der Waals surface area contributed by atoms with Gasteiger partial charge in [0.25, 0.3) is 5.91 Å². The van der Waals surface area contributed by atoms with Crippen molar-refractivity contribution in [3.8, 4) is 5.75 Å². The first kappa shape index (κ1) is 14.9. The van der Waals surface area contributed by atoms with Crippen molar-refractivity contribution >= 4 is 5.91 Å². The highest BCUT2D eigenvalue weighted by Gasteiger charge is 2.23. The number of nitrogens with zero attached hydrogens (tertiary/aromatic N) is 1. The molecule has 0 aromatic heterocycles. The first-order valence-corrected chi connectivity index (χ1v) is 7.41. The number of amides is 1. The minimum absolute atomic E-state index is 0.0310. The summed E-state index contributed by atoms with van der Waals surface area (Å²) < 4.78 is 5.38. The molecule has 1 aliphatic rings. The third-order valence-electron chi connectivity index (χ3n) is 3.94. The van der Waals surface area contributed by atoms with Gasteiger partial charge >= 0.3 is 0 Å². The molecule has 1 saturated heterocycles. The van der Waals surface area contributed by atoms with Gasteiger partial charge in [-0.25, -0.2) is 0 Å². The molecule has 0 radical (unpaired) electrons. The Hall–Kier alpha value is -1.51. The fourth-order valence-electron chi connectivity index (χ4n) is 2.61. The maximum Gasteiger partial charge on any atom is 0.257 e. The number of piperidine rings is 1. The Kier molecular flexibility index (Phi) is 4.36. The second-order valence-electron chi connectivity index (χ2n) is 6.52. The Morgan fingerprint density at radius 1 is 1.15 bits per heavy atom. The summed E-state index contributed by atoms with van der Waals surface area (Å²) in [5.41, 5.74) is 1.89. The molecular weight excluding hydrogens is 250 g/mol. The summed E-state index contributed by atoms with van der Waals surface area (Å²) in [5, 5.41) is 0.